The summed E-state index contributed by atoms with van der Waals surface area (Å²) in [7, 11) is 0. The van der Waals surface area contributed by atoms with Crippen molar-refractivity contribution in [2.24, 2.45) is 0 Å². The van der Waals surface area contributed by atoms with E-state index in [1.165, 1.54) is 12.1 Å². The third-order valence-electron chi connectivity index (χ3n) is 3.65. The Morgan fingerprint density at radius 2 is 1.92 bits per heavy atom. The molecule has 0 radical (unpaired) electrons. The average Bonchev–Trinajstić information content (AvgIpc) is 3.04. The molecule has 24 heavy (non-hydrogen) atoms. The molecule has 4 nitrogen and oxygen atoms in total. The number of hydrogen-bond acceptors (Lipinski definition) is 2. The molecule has 5 heteroatoms. The molecular formula is C19H18FN3O. The van der Waals surface area contributed by atoms with Crippen LogP contribution in [0.2, 0.25) is 0 Å². The molecule has 3 aromatic rings. The van der Waals surface area contributed by atoms with Crippen molar-refractivity contribution in [3.63, 3.8) is 0 Å². The van der Waals surface area contributed by atoms with Crippen LogP contribution in [0.5, 0.6) is 0 Å². The largest absolute Gasteiger partial charge is 0.355 e. The van der Waals surface area contributed by atoms with Gasteiger partial charge in [0.25, 0.3) is 0 Å². The summed E-state index contributed by atoms with van der Waals surface area (Å²) < 4.78 is 14.8. The molecule has 1 heterocycles. The monoisotopic (exact) mass is 323 g/mol. The van der Waals surface area contributed by atoms with Crippen LogP contribution < -0.4 is 5.32 Å². The van der Waals surface area contributed by atoms with E-state index in [2.05, 4.69) is 10.4 Å². The lowest BCUT2D eigenvalue weighted by Gasteiger charge is -2.04. The van der Waals surface area contributed by atoms with Gasteiger partial charge in [0.1, 0.15) is 5.82 Å². The van der Waals surface area contributed by atoms with E-state index < -0.39 is 0 Å². The maximum atomic E-state index is 13.1. The number of nitrogens with zero attached hydrogens (tertiary/aromatic N) is 2. The highest BCUT2D eigenvalue weighted by Gasteiger charge is 2.06. The van der Waals surface area contributed by atoms with E-state index in [9.17, 15) is 9.18 Å². The van der Waals surface area contributed by atoms with Crippen molar-refractivity contribution in [1.82, 2.24) is 15.1 Å². The number of hydrogen-bond donors (Lipinski definition) is 1. The molecule has 1 N–H and O–H groups in total. The molecule has 0 aliphatic heterocycles. The second-order valence-corrected chi connectivity index (χ2v) is 5.54. The number of carbonyl (C=O) groups is 1. The highest BCUT2D eigenvalue weighted by molar-refractivity contribution is 5.78. The Balaban J connectivity index is 1.49. The zero-order chi connectivity index (χ0) is 16.8. The Morgan fingerprint density at radius 3 is 2.71 bits per heavy atom. The van der Waals surface area contributed by atoms with Gasteiger partial charge in [-0.2, -0.15) is 5.10 Å². The number of rotatable bonds is 6. The molecule has 2 aromatic carbocycles. The van der Waals surface area contributed by atoms with Gasteiger partial charge in [-0.1, -0.05) is 30.3 Å². The van der Waals surface area contributed by atoms with Gasteiger partial charge in [-0.3, -0.25) is 4.79 Å². The summed E-state index contributed by atoms with van der Waals surface area (Å²) in [5, 5.41) is 7.12. The number of aromatic nitrogens is 2. The first-order valence-corrected chi connectivity index (χ1v) is 7.81. The molecule has 0 saturated carbocycles. The van der Waals surface area contributed by atoms with Crippen LogP contribution in [0, 0.1) is 5.82 Å². The third-order valence-corrected chi connectivity index (χ3v) is 3.65. The maximum absolute atomic E-state index is 13.1. The van der Waals surface area contributed by atoms with Crippen molar-refractivity contribution in [3.8, 4) is 5.69 Å². The normalized spacial score (nSPS) is 10.5. The van der Waals surface area contributed by atoms with Crippen molar-refractivity contribution in [1.29, 1.82) is 0 Å². The van der Waals surface area contributed by atoms with Gasteiger partial charge < -0.3 is 5.32 Å². The predicted molar refractivity (Wildman–Crippen MR) is 90.4 cm³/mol. The molecule has 122 valence electrons. The Hall–Kier alpha value is -2.95. The van der Waals surface area contributed by atoms with E-state index >= 15 is 0 Å². The molecule has 0 aliphatic rings. The van der Waals surface area contributed by atoms with E-state index in [0.29, 0.717) is 13.0 Å². The zero-order valence-electron chi connectivity index (χ0n) is 13.2. The first-order valence-electron chi connectivity index (χ1n) is 7.81. The zero-order valence-corrected chi connectivity index (χ0v) is 13.2. The van der Waals surface area contributed by atoms with Crippen LogP contribution in [0.15, 0.2) is 67.0 Å². The second-order valence-electron chi connectivity index (χ2n) is 5.54. The van der Waals surface area contributed by atoms with Crippen LogP contribution in [0.25, 0.3) is 5.69 Å². The minimum Gasteiger partial charge on any atom is -0.355 e. The lowest BCUT2D eigenvalue weighted by Crippen LogP contribution is -2.27. The molecule has 0 fully saturated rings. The van der Waals surface area contributed by atoms with Crippen molar-refractivity contribution in [2.75, 3.05) is 6.54 Å². The fourth-order valence-corrected chi connectivity index (χ4v) is 2.46. The Kier molecular flexibility index (Phi) is 5.01. The van der Waals surface area contributed by atoms with Crippen molar-refractivity contribution in [2.45, 2.75) is 12.8 Å². The first kappa shape index (κ1) is 15.9. The lowest BCUT2D eigenvalue weighted by molar-refractivity contribution is -0.120. The summed E-state index contributed by atoms with van der Waals surface area (Å²) in [5.41, 5.74) is 2.67. The minimum absolute atomic E-state index is 0.0704. The van der Waals surface area contributed by atoms with Gasteiger partial charge in [-0.15, -0.1) is 0 Å². The van der Waals surface area contributed by atoms with Crippen molar-refractivity contribution >= 4 is 5.91 Å². The summed E-state index contributed by atoms with van der Waals surface area (Å²) in [4.78, 5) is 12.0. The molecule has 0 atom stereocenters. The topological polar surface area (TPSA) is 46.9 Å². The first-order chi connectivity index (χ1) is 11.7. The van der Waals surface area contributed by atoms with E-state index in [1.807, 2.05) is 42.6 Å². The van der Waals surface area contributed by atoms with Crippen molar-refractivity contribution in [3.05, 3.63) is 83.9 Å². The van der Waals surface area contributed by atoms with Gasteiger partial charge >= 0.3 is 0 Å². The maximum Gasteiger partial charge on any atom is 0.224 e. The molecule has 0 spiro atoms. The van der Waals surface area contributed by atoms with E-state index in [0.717, 1.165) is 16.8 Å². The van der Waals surface area contributed by atoms with Crippen molar-refractivity contribution < 1.29 is 9.18 Å². The lowest BCUT2D eigenvalue weighted by atomic mass is 10.1. The minimum atomic E-state index is -0.257. The highest BCUT2D eigenvalue weighted by atomic mass is 19.1. The highest BCUT2D eigenvalue weighted by Crippen LogP contribution is 2.08. The molecule has 0 saturated heterocycles. The van der Waals surface area contributed by atoms with Crippen LogP contribution in [-0.4, -0.2) is 22.2 Å². The van der Waals surface area contributed by atoms with Gasteiger partial charge in [0.05, 0.1) is 18.3 Å². The van der Waals surface area contributed by atoms with Gasteiger partial charge in [0, 0.05) is 12.7 Å². The molecule has 1 aromatic heterocycles. The number of amides is 1. The fraction of sp³-hybridized carbons (Fsp3) is 0.158. The Labute approximate surface area is 139 Å². The van der Waals surface area contributed by atoms with Gasteiger partial charge in [-0.25, -0.2) is 9.07 Å². The summed E-state index contributed by atoms with van der Waals surface area (Å²) in [6.07, 6.45) is 4.42. The summed E-state index contributed by atoms with van der Waals surface area (Å²) in [6.45, 7) is 0.481. The standard InChI is InChI=1S/C19H18FN3O/c20-17-6-4-5-15(11-17)9-10-21-19(24)12-16-13-22-23(14-16)18-7-2-1-3-8-18/h1-8,11,13-14H,9-10,12H2,(H,21,24). The number of benzene rings is 2. The van der Waals surface area contributed by atoms with Crippen LogP contribution in [-0.2, 0) is 17.6 Å². The number of carbonyl (C=O) groups excluding carboxylic acids is 1. The van der Waals surface area contributed by atoms with E-state index in [4.69, 9.17) is 0 Å². The van der Waals surface area contributed by atoms with Gasteiger partial charge in [0.2, 0.25) is 5.91 Å². The predicted octanol–water partition coefficient (Wildman–Crippen LogP) is 2.91. The molecule has 3 rings (SSSR count). The van der Waals surface area contributed by atoms with Gasteiger partial charge in [-0.05, 0) is 41.8 Å². The summed E-state index contributed by atoms with van der Waals surface area (Å²) in [5.74, 6) is -0.328. The van der Waals surface area contributed by atoms with Crippen LogP contribution >= 0.6 is 0 Å². The molecule has 0 unspecified atom stereocenters. The molecule has 1 amide bonds. The second kappa shape index (κ2) is 7.55. The number of para-hydroxylation sites is 1. The van der Waals surface area contributed by atoms with Crippen LogP contribution in [0.4, 0.5) is 4.39 Å². The number of nitrogens with one attached hydrogen (secondary N) is 1. The quantitative estimate of drug-likeness (QED) is 0.758. The van der Waals surface area contributed by atoms with Crippen LogP contribution in [0.1, 0.15) is 11.1 Å². The third kappa shape index (κ3) is 4.29. The average molecular weight is 323 g/mol. The molecule has 0 bridgehead atoms. The summed E-state index contributed by atoms with van der Waals surface area (Å²) >= 11 is 0. The van der Waals surface area contributed by atoms with Crippen LogP contribution in [0.3, 0.4) is 0 Å². The summed E-state index contributed by atoms with van der Waals surface area (Å²) in [6, 6.07) is 16.1. The number of halogens is 1. The molecular weight excluding hydrogens is 305 g/mol. The Morgan fingerprint density at radius 1 is 1.08 bits per heavy atom. The smallest absolute Gasteiger partial charge is 0.224 e. The molecule has 0 aliphatic carbocycles. The SMILES string of the molecule is O=C(Cc1cnn(-c2ccccc2)c1)NCCc1cccc(F)c1. The van der Waals surface area contributed by atoms with E-state index in [-0.39, 0.29) is 18.1 Å². The van der Waals surface area contributed by atoms with E-state index in [1.54, 1.807) is 16.9 Å². The van der Waals surface area contributed by atoms with Gasteiger partial charge in [0.15, 0.2) is 0 Å². The Bertz CT molecular complexity index is 814. The fourth-order valence-electron chi connectivity index (χ4n) is 2.46.